The Bertz CT molecular complexity index is 1480. The van der Waals surface area contributed by atoms with Crippen molar-refractivity contribution in [2.24, 2.45) is 0 Å². The minimum atomic E-state index is -1.55. The van der Waals surface area contributed by atoms with Crippen LogP contribution in [0.3, 0.4) is 0 Å². The number of hydrogen-bond donors (Lipinski definition) is 0. The normalized spacial score (nSPS) is 18.0. The molecule has 0 amide bonds. The van der Waals surface area contributed by atoms with E-state index in [1.54, 1.807) is 10.9 Å². The quantitative estimate of drug-likeness (QED) is 0.182. The summed E-state index contributed by atoms with van der Waals surface area (Å²) in [6.45, 7) is 7.72. The van der Waals surface area contributed by atoms with Crippen LogP contribution in [0.15, 0.2) is 103 Å². The summed E-state index contributed by atoms with van der Waals surface area (Å²) in [7, 11) is -1.92. The minimum absolute atomic E-state index is 0.367. The molecule has 0 fully saturated rings. The van der Waals surface area contributed by atoms with Gasteiger partial charge in [-0.1, -0.05) is 131 Å². The first kappa shape index (κ1) is 20.8. The third-order valence-electron chi connectivity index (χ3n) is 7.08. The number of benzene rings is 5. The van der Waals surface area contributed by atoms with Gasteiger partial charge < -0.3 is 0 Å². The van der Waals surface area contributed by atoms with Gasteiger partial charge in [0.1, 0.15) is 0 Å². The Morgan fingerprint density at radius 3 is 1.85 bits per heavy atom. The van der Waals surface area contributed by atoms with Crippen molar-refractivity contribution in [1.29, 1.82) is 0 Å². The van der Waals surface area contributed by atoms with Gasteiger partial charge in [0, 0.05) is 5.28 Å². The Labute approximate surface area is 199 Å². The van der Waals surface area contributed by atoms with Gasteiger partial charge in [0.15, 0.2) is 0 Å². The van der Waals surface area contributed by atoms with Crippen molar-refractivity contribution in [3.05, 3.63) is 114 Å². The van der Waals surface area contributed by atoms with Crippen LogP contribution in [0.5, 0.6) is 0 Å². The van der Waals surface area contributed by atoms with E-state index in [4.69, 9.17) is 0 Å². The predicted molar refractivity (Wildman–Crippen MR) is 150 cm³/mol. The van der Waals surface area contributed by atoms with E-state index in [2.05, 4.69) is 123 Å². The average molecular weight is 461 g/mol. The van der Waals surface area contributed by atoms with Crippen molar-refractivity contribution < 1.29 is 0 Å². The fourth-order valence-corrected chi connectivity index (χ4v) is 13.8. The second kappa shape index (κ2) is 7.94. The van der Waals surface area contributed by atoms with Crippen LogP contribution in [0.1, 0.15) is 16.4 Å². The Balaban J connectivity index is 1.79. The highest BCUT2D eigenvalue weighted by Gasteiger charge is 2.40. The van der Waals surface area contributed by atoms with Crippen LogP contribution >= 0.6 is 7.92 Å². The van der Waals surface area contributed by atoms with E-state index >= 15 is 0 Å². The summed E-state index contributed by atoms with van der Waals surface area (Å²) in [4.78, 5) is 0. The maximum absolute atomic E-state index is 2.57. The summed E-state index contributed by atoms with van der Waals surface area (Å²) in [5.74, 6) is 0. The van der Waals surface area contributed by atoms with Gasteiger partial charge >= 0.3 is 0 Å². The Morgan fingerprint density at radius 2 is 1.18 bits per heavy atom. The SMILES string of the molecule is C[Si](C)(C)[C@H]1c2ccc3ccccc3c2-c2c(ccc3ccccc23)CP1c1ccccc1. The first-order valence-corrected chi connectivity index (χ1v) is 17.0. The molecular weight excluding hydrogens is 431 g/mol. The molecule has 162 valence electrons. The van der Waals surface area contributed by atoms with Gasteiger partial charge in [0.05, 0.1) is 8.07 Å². The van der Waals surface area contributed by atoms with Gasteiger partial charge in [-0.3, -0.25) is 0 Å². The van der Waals surface area contributed by atoms with Crippen LogP contribution in [-0.2, 0) is 6.16 Å². The Hall–Kier alpha value is -2.73. The Morgan fingerprint density at radius 1 is 0.606 bits per heavy atom. The third kappa shape index (κ3) is 3.46. The van der Waals surface area contributed by atoms with E-state index in [0.29, 0.717) is 5.28 Å². The van der Waals surface area contributed by atoms with Crippen molar-refractivity contribution in [3.8, 4) is 11.1 Å². The molecule has 0 aliphatic carbocycles. The van der Waals surface area contributed by atoms with Gasteiger partial charge in [-0.05, 0) is 55.3 Å². The predicted octanol–water partition coefficient (Wildman–Crippen LogP) is 8.90. The fourth-order valence-electron chi connectivity index (χ4n) is 5.78. The van der Waals surface area contributed by atoms with Gasteiger partial charge in [-0.15, -0.1) is 0 Å². The lowest BCUT2D eigenvalue weighted by Crippen LogP contribution is -2.32. The van der Waals surface area contributed by atoms with Crippen LogP contribution in [-0.4, -0.2) is 8.07 Å². The molecule has 0 saturated carbocycles. The summed E-state index contributed by atoms with van der Waals surface area (Å²) >= 11 is 0. The molecule has 0 aromatic heterocycles. The monoisotopic (exact) mass is 460 g/mol. The van der Waals surface area contributed by atoms with Crippen molar-refractivity contribution in [1.82, 2.24) is 0 Å². The standard InChI is InChI=1S/C31H29PSi/c1-33(2,3)31-28-20-19-23-12-8-10-16-27(23)30(28)29-24(18-17-22-11-7-9-15-26(22)29)21-32(31)25-13-5-4-6-14-25/h4-20,31H,21H2,1-3H3/t31-,32?/m0/s1. The van der Waals surface area contributed by atoms with Crippen LogP contribution in [0, 0.1) is 0 Å². The number of fused-ring (bicyclic) bond motifs is 7. The van der Waals surface area contributed by atoms with E-state index < -0.39 is 8.07 Å². The zero-order valence-electron chi connectivity index (χ0n) is 19.5. The van der Waals surface area contributed by atoms with Crippen molar-refractivity contribution in [2.45, 2.75) is 31.1 Å². The van der Waals surface area contributed by atoms with Crippen molar-refractivity contribution in [2.75, 3.05) is 0 Å². The molecule has 0 nitrogen and oxygen atoms in total. The zero-order chi connectivity index (χ0) is 22.6. The maximum Gasteiger partial charge on any atom is 0.0576 e. The van der Waals surface area contributed by atoms with Crippen LogP contribution in [0.2, 0.25) is 19.6 Å². The Kier molecular flexibility index (Phi) is 5.02. The zero-order valence-corrected chi connectivity index (χ0v) is 21.4. The smallest absolute Gasteiger partial charge is 0.0576 e. The molecular formula is C31H29PSi. The van der Waals surface area contributed by atoms with E-state index in [-0.39, 0.29) is 7.92 Å². The minimum Gasteiger partial charge on any atom is -0.0688 e. The molecule has 1 aliphatic rings. The molecule has 2 heteroatoms. The van der Waals surface area contributed by atoms with E-state index in [0.717, 1.165) is 6.16 Å². The van der Waals surface area contributed by atoms with E-state index in [1.165, 1.54) is 38.2 Å². The number of hydrogen-bond acceptors (Lipinski definition) is 0. The lowest BCUT2D eigenvalue weighted by atomic mass is 9.88. The van der Waals surface area contributed by atoms with Gasteiger partial charge in [0.2, 0.25) is 0 Å². The molecule has 6 rings (SSSR count). The molecule has 5 aromatic rings. The van der Waals surface area contributed by atoms with Gasteiger partial charge in [-0.2, -0.15) is 0 Å². The topological polar surface area (TPSA) is 0 Å². The molecule has 1 aliphatic heterocycles. The third-order valence-corrected chi connectivity index (χ3v) is 14.8. The largest absolute Gasteiger partial charge is 0.0688 e. The average Bonchev–Trinajstić information content (AvgIpc) is 2.99. The molecule has 0 radical (unpaired) electrons. The molecule has 0 bridgehead atoms. The highest BCUT2D eigenvalue weighted by molar-refractivity contribution is 7.67. The lowest BCUT2D eigenvalue weighted by molar-refractivity contribution is 1.26. The van der Waals surface area contributed by atoms with Crippen LogP contribution in [0.25, 0.3) is 32.7 Å². The lowest BCUT2D eigenvalue weighted by Gasteiger charge is -2.37. The summed E-state index contributed by atoms with van der Waals surface area (Å²) in [5, 5.41) is 7.63. The molecule has 0 N–H and O–H groups in total. The fraction of sp³-hybridized carbons (Fsp3) is 0.161. The summed E-state index contributed by atoms with van der Waals surface area (Å²) in [6.07, 6.45) is 1.15. The van der Waals surface area contributed by atoms with Crippen molar-refractivity contribution >= 4 is 42.8 Å². The molecule has 2 atom stereocenters. The van der Waals surface area contributed by atoms with E-state index in [1.807, 2.05) is 0 Å². The molecule has 5 aromatic carbocycles. The second-order valence-corrected chi connectivity index (χ2v) is 18.4. The highest BCUT2D eigenvalue weighted by Crippen LogP contribution is 2.62. The van der Waals surface area contributed by atoms with Crippen LogP contribution < -0.4 is 5.30 Å². The summed E-state index contributed by atoms with van der Waals surface area (Å²) in [5.41, 5.74) is 6.07. The van der Waals surface area contributed by atoms with Gasteiger partial charge in [0.25, 0.3) is 0 Å². The highest BCUT2D eigenvalue weighted by atomic mass is 31.1. The van der Waals surface area contributed by atoms with Crippen LogP contribution in [0.4, 0.5) is 0 Å². The molecule has 0 saturated heterocycles. The summed E-state index contributed by atoms with van der Waals surface area (Å²) < 4.78 is 0. The second-order valence-electron chi connectivity index (χ2n) is 10.3. The number of rotatable bonds is 2. The molecule has 1 unspecified atom stereocenters. The summed E-state index contributed by atoms with van der Waals surface area (Å²) in [6, 6.07) is 39.0. The van der Waals surface area contributed by atoms with E-state index in [9.17, 15) is 0 Å². The van der Waals surface area contributed by atoms with Gasteiger partial charge in [-0.25, -0.2) is 0 Å². The molecule has 33 heavy (non-hydrogen) atoms. The maximum atomic E-state index is 2.57. The first-order chi connectivity index (χ1) is 16.0. The van der Waals surface area contributed by atoms with Crippen molar-refractivity contribution in [3.63, 3.8) is 0 Å². The molecule has 1 heterocycles. The first-order valence-electron chi connectivity index (χ1n) is 11.9. The molecule has 0 spiro atoms.